The Hall–Kier alpha value is -0.540. The van der Waals surface area contributed by atoms with E-state index in [1.54, 1.807) is 6.08 Å². The summed E-state index contributed by atoms with van der Waals surface area (Å²) >= 11 is 0. The third-order valence-corrected chi connectivity index (χ3v) is 3.20. The highest BCUT2D eigenvalue weighted by molar-refractivity contribution is 5.87. The Morgan fingerprint density at radius 2 is 2.07 bits per heavy atom. The topological polar surface area (TPSA) is 46.3 Å². The average molecular weight is 231 g/mol. The number of rotatable bonds is 2. The Labute approximate surface area is 97.1 Å². The summed E-state index contributed by atoms with van der Waals surface area (Å²) in [6.45, 7) is 1.56. The zero-order chi connectivity index (χ0) is 9.97. The third-order valence-electron chi connectivity index (χ3n) is 3.20. The van der Waals surface area contributed by atoms with Gasteiger partial charge in [-0.2, -0.15) is 0 Å². The normalized spacial score (nSPS) is 26.5. The largest absolute Gasteiger partial charge is 0.338 e. The SMILES string of the molecule is Cl.NC1CCN(C(=O)/C=C/C2CCC2)C1. The number of carbonyl (C=O) groups is 1. The van der Waals surface area contributed by atoms with Crippen molar-refractivity contribution in [2.45, 2.75) is 31.7 Å². The van der Waals surface area contributed by atoms with E-state index in [0.29, 0.717) is 5.92 Å². The van der Waals surface area contributed by atoms with Gasteiger partial charge in [0.15, 0.2) is 0 Å². The molecule has 0 bridgehead atoms. The van der Waals surface area contributed by atoms with Crippen LogP contribution < -0.4 is 5.73 Å². The predicted molar refractivity (Wildman–Crippen MR) is 62.9 cm³/mol. The van der Waals surface area contributed by atoms with Crippen molar-refractivity contribution in [2.75, 3.05) is 13.1 Å². The van der Waals surface area contributed by atoms with Gasteiger partial charge in [0.05, 0.1) is 0 Å². The monoisotopic (exact) mass is 230 g/mol. The summed E-state index contributed by atoms with van der Waals surface area (Å²) < 4.78 is 0. The molecule has 0 spiro atoms. The van der Waals surface area contributed by atoms with Gasteiger partial charge in [-0.25, -0.2) is 0 Å². The van der Waals surface area contributed by atoms with Gasteiger partial charge >= 0.3 is 0 Å². The summed E-state index contributed by atoms with van der Waals surface area (Å²) in [6.07, 6.45) is 8.57. The van der Waals surface area contributed by atoms with Gasteiger partial charge in [0.25, 0.3) is 0 Å². The maximum Gasteiger partial charge on any atom is 0.246 e. The molecular formula is C11H19ClN2O. The van der Waals surface area contributed by atoms with E-state index in [4.69, 9.17) is 5.73 Å². The zero-order valence-electron chi connectivity index (χ0n) is 8.89. The first kappa shape index (κ1) is 12.5. The molecule has 0 aromatic carbocycles. The van der Waals surface area contributed by atoms with Gasteiger partial charge in [-0.3, -0.25) is 4.79 Å². The molecule has 0 radical (unpaired) electrons. The number of nitrogens with zero attached hydrogens (tertiary/aromatic N) is 1. The van der Waals surface area contributed by atoms with Gasteiger partial charge in [-0.05, 0) is 31.3 Å². The first-order chi connectivity index (χ1) is 6.75. The average Bonchev–Trinajstić information content (AvgIpc) is 2.49. The number of halogens is 1. The molecule has 15 heavy (non-hydrogen) atoms. The molecular weight excluding hydrogens is 212 g/mol. The number of carbonyl (C=O) groups excluding carboxylic acids is 1. The fourth-order valence-corrected chi connectivity index (χ4v) is 1.94. The quantitative estimate of drug-likeness (QED) is 0.728. The Morgan fingerprint density at radius 1 is 1.33 bits per heavy atom. The van der Waals surface area contributed by atoms with Crippen LogP contribution in [0.4, 0.5) is 0 Å². The number of hydrogen-bond acceptors (Lipinski definition) is 2. The fourth-order valence-electron chi connectivity index (χ4n) is 1.94. The van der Waals surface area contributed by atoms with E-state index in [2.05, 4.69) is 6.08 Å². The molecule has 1 heterocycles. The summed E-state index contributed by atoms with van der Waals surface area (Å²) in [5.41, 5.74) is 5.74. The molecule has 4 heteroatoms. The molecule has 2 N–H and O–H groups in total. The lowest BCUT2D eigenvalue weighted by Crippen LogP contribution is -2.30. The molecule has 1 saturated carbocycles. The van der Waals surface area contributed by atoms with Gasteiger partial charge in [0.1, 0.15) is 0 Å². The Bertz CT molecular complexity index is 251. The number of amides is 1. The number of nitrogens with two attached hydrogens (primary N) is 1. The molecule has 1 atom stereocenters. The van der Waals surface area contributed by atoms with Crippen molar-refractivity contribution in [2.24, 2.45) is 11.7 Å². The summed E-state index contributed by atoms with van der Waals surface area (Å²) in [5, 5.41) is 0. The van der Waals surface area contributed by atoms with Crippen LogP contribution in [0.5, 0.6) is 0 Å². The smallest absolute Gasteiger partial charge is 0.246 e. The minimum absolute atomic E-state index is 0. The van der Waals surface area contributed by atoms with Gasteiger partial charge < -0.3 is 10.6 Å². The van der Waals surface area contributed by atoms with Crippen molar-refractivity contribution in [3.05, 3.63) is 12.2 Å². The molecule has 86 valence electrons. The van der Waals surface area contributed by atoms with E-state index in [1.807, 2.05) is 4.90 Å². The first-order valence-corrected chi connectivity index (χ1v) is 5.48. The highest BCUT2D eigenvalue weighted by atomic mass is 35.5. The molecule has 2 fully saturated rings. The first-order valence-electron chi connectivity index (χ1n) is 5.48. The van der Waals surface area contributed by atoms with Crippen molar-refractivity contribution in [3.63, 3.8) is 0 Å². The van der Waals surface area contributed by atoms with E-state index in [-0.39, 0.29) is 24.4 Å². The lowest BCUT2D eigenvalue weighted by Gasteiger charge is -2.21. The molecule has 1 saturated heterocycles. The van der Waals surface area contributed by atoms with E-state index in [9.17, 15) is 4.79 Å². The third kappa shape index (κ3) is 3.21. The van der Waals surface area contributed by atoms with Crippen LogP contribution >= 0.6 is 12.4 Å². The van der Waals surface area contributed by atoms with Gasteiger partial charge in [0.2, 0.25) is 5.91 Å². The van der Waals surface area contributed by atoms with Crippen LogP contribution in [0.15, 0.2) is 12.2 Å². The minimum atomic E-state index is 0. The molecule has 0 aromatic heterocycles. The van der Waals surface area contributed by atoms with E-state index in [1.165, 1.54) is 19.3 Å². The van der Waals surface area contributed by atoms with Gasteiger partial charge in [0, 0.05) is 19.1 Å². The molecule has 1 aliphatic carbocycles. The predicted octanol–water partition coefficient (Wildman–Crippen LogP) is 1.32. The Morgan fingerprint density at radius 3 is 2.53 bits per heavy atom. The number of allylic oxidation sites excluding steroid dienone is 1. The van der Waals surface area contributed by atoms with Gasteiger partial charge in [-0.15, -0.1) is 12.4 Å². The maximum atomic E-state index is 11.6. The Kier molecular flexibility index (Phi) is 4.61. The fraction of sp³-hybridized carbons (Fsp3) is 0.727. The lowest BCUT2D eigenvalue weighted by atomic mass is 9.85. The van der Waals surface area contributed by atoms with Crippen LogP contribution in [0.25, 0.3) is 0 Å². The zero-order valence-corrected chi connectivity index (χ0v) is 9.71. The second-order valence-electron chi connectivity index (χ2n) is 4.38. The van der Waals surface area contributed by atoms with Crippen molar-refractivity contribution in [3.8, 4) is 0 Å². The molecule has 2 rings (SSSR count). The summed E-state index contributed by atoms with van der Waals surface area (Å²) in [6, 6.07) is 0.191. The molecule has 1 aliphatic heterocycles. The van der Waals surface area contributed by atoms with E-state index < -0.39 is 0 Å². The van der Waals surface area contributed by atoms with Crippen molar-refractivity contribution >= 4 is 18.3 Å². The highest BCUT2D eigenvalue weighted by Gasteiger charge is 2.22. The molecule has 1 unspecified atom stereocenters. The van der Waals surface area contributed by atoms with Crippen LogP contribution in [0.3, 0.4) is 0 Å². The van der Waals surface area contributed by atoms with Crippen LogP contribution in [-0.2, 0) is 4.79 Å². The maximum absolute atomic E-state index is 11.6. The minimum Gasteiger partial charge on any atom is -0.338 e. The van der Waals surface area contributed by atoms with Crippen LogP contribution in [-0.4, -0.2) is 29.9 Å². The summed E-state index contributed by atoms with van der Waals surface area (Å²) in [4.78, 5) is 13.5. The highest BCUT2D eigenvalue weighted by Crippen LogP contribution is 2.27. The van der Waals surface area contributed by atoms with Crippen LogP contribution in [0.1, 0.15) is 25.7 Å². The van der Waals surface area contributed by atoms with Crippen LogP contribution in [0, 0.1) is 5.92 Å². The van der Waals surface area contributed by atoms with Crippen molar-refractivity contribution in [1.82, 2.24) is 4.90 Å². The Balaban J connectivity index is 0.00000112. The molecule has 2 aliphatic rings. The van der Waals surface area contributed by atoms with E-state index >= 15 is 0 Å². The second-order valence-corrected chi connectivity index (χ2v) is 4.38. The number of hydrogen-bond donors (Lipinski definition) is 1. The van der Waals surface area contributed by atoms with Gasteiger partial charge in [-0.1, -0.05) is 12.5 Å². The summed E-state index contributed by atoms with van der Waals surface area (Å²) in [5.74, 6) is 0.806. The van der Waals surface area contributed by atoms with E-state index in [0.717, 1.165) is 19.5 Å². The molecule has 0 aromatic rings. The molecule has 1 amide bonds. The standard InChI is InChI=1S/C11H18N2O.ClH/c12-10-6-7-13(8-10)11(14)5-4-9-2-1-3-9;/h4-5,9-10H,1-3,6-8,12H2;1H/b5-4+;. The lowest BCUT2D eigenvalue weighted by molar-refractivity contribution is -0.125. The summed E-state index contributed by atoms with van der Waals surface area (Å²) in [7, 11) is 0. The number of likely N-dealkylation sites (tertiary alicyclic amines) is 1. The molecule has 3 nitrogen and oxygen atoms in total. The van der Waals surface area contributed by atoms with Crippen molar-refractivity contribution < 1.29 is 4.79 Å². The van der Waals surface area contributed by atoms with Crippen LogP contribution in [0.2, 0.25) is 0 Å². The van der Waals surface area contributed by atoms with Crippen molar-refractivity contribution in [1.29, 1.82) is 0 Å². The second kappa shape index (κ2) is 5.52.